The highest BCUT2D eigenvalue weighted by Gasteiger charge is 2.13. The first-order valence-corrected chi connectivity index (χ1v) is 6.29. The zero-order valence-corrected chi connectivity index (χ0v) is 11.6. The molecule has 1 aromatic carbocycles. The molecule has 3 aromatic rings. The first kappa shape index (κ1) is 13.1. The number of nitrogens with one attached hydrogen (secondary N) is 1. The molecule has 0 bridgehead atoms. The average molecular weight is 283 g/mol. The third kappa shape index (κ3) is 2.20. The molecular weight excluding hydrogens is 270 g/mol. The molecule has 6 nitrogen and oxygen atoms in total. The van der Waals surface area contributed by atoms with E-state index in [1.165, 1.54) is 7.11 Å². The molecule has 0 saturated carbocycles. The normalized spacial score (nSPS) is 10.6. The first-order chi connectivity index (χ1) is 10.2. The minimum Gasteiger partial charge on any atom is -0.493 e. The monoisotopic (exact) mass is 283 g/mol. The molecule has 0 spiro atoms. The van der Waals surface area contributed by atoms with Crippen LogP contribution in [0.15, 0.2) is 41.5 Å². The second kappa shape index (κ2) is 5.24. The standard InChI is InChI=1S/C15H13N3O3/c1-20-12-6-10-11(7-13(12)21-2)15(19)18-17-14(10)9-4-3-5-16-8-9/h3-8H,1-2H3,(H,18,19). The summed E-state index contributed by atoms with van der Waals surface area (Å²) in [6.45, 7) is 0. The summed E-state index contributed by atoms with van der Waals surface area (Å²) in [5, 5.41) is 7.81. The summed E-state index contributed by atoms with van der Waals surface area (Å²) >= 11 is 0. The average Bonchev–Trinajstić information content (AvgIpc) is 2.55. The first-order valence-electron chi connectivity index (χ1n) is 6.29. The molecule has 0 fully saturated rings. The van der Waals surface area contributed by atoms with E-state index in [4.69, 9.17) is 9.47 Å². The van der Waals surface area contributed by atoms with Gasteiger partial charge in [-0.2, -0.15) is 5.10 Å². The van der Waals surface area contributed by atoms with Gasteiger partial charge in [-0.15, -0.1) is 0 Å². The van der Waals surface area contributed by atoms with Crippen molar-refractivity contribution in [2.75, 3.05) is 14.2 Å². The maximum Gasteiger partial charge on any atom is 0.272 e. The fraction of sp³-hybridized carbons (Fsp3) is 0.133. The molecule has 0 aliphatic rings. The van der Waals surface area contributed by atoms with Gasteiger partial charge in [0.15, 0.2) is 11.5 Å². The van der Waals surface area contributed by atoms with Gasteiger partial charge in [0.05, 0.1) is 19.6 Å². The van der Waals surface area contributed by atoms with Crippen molar-refractivity contribution in [3.05, 3.63) is 47.0 Å². The fourth-order valence-electron chi connectivity index (χ4n) is 2.21. The molecule has 106 valence electrons. The predicted molar refractivity (Wildman–Crippen MR) is 78.7 cm³/mol. The van der Waals surface area contributed by atoms with Crippen LogP contribution in [-0.2, 0) is 0 Å². The van der Waals surface area contributed by atoms with Crippen LogP contribution in [0.3, 0.4) is 0 Å². The number of fused-ring (bicyclic) bond motifs is 1. The zero-order valence-electron chi connectivity index (χ0n) is 11.6. The van der Waals surface area contributed by atoms with Crippen molar-refractivity contribution in [3.8, 4) is 22.8 Å². The molecule has 0 aliphatic carbocycles. The molecule has 0 atom stereocenters. The Labute approximate surface area is 120 Å². The molecule has 0 aliphatic heterocycles. The lowest BCUT2D eigenvalue weighted by Gasteiger charge is -2.10. The summed E-state index contributed by atoms with van der Waals surface area (Å²) in [5.41, 5.74) is 1.17. The van der Waals surface area contributed by atoms with Crippen LogP contribution in [0.5, 0.6) is 11.5 Å². The quantitative estimate of drug-likeness (QED) is 0.795. The van der Waals surface area contributed by atoms with Crippen LogP contribution in [0.25, 0.3) is 22.0 Å². The van der Waals surface area contributed by atoms with Gasteiger partial charge in [0.2, 0.25) is 0 Å². The molecule has 3 rings (SSSR count). The molecule has 1 N–H and O–H groups in total. The van der Waals surface area contributed by atoms with E-state index in [0.717, 1.165) is 5.56 Å². The fourth-order valence-corrected chi connectivity index (χ4v) is 2.21. The number of methoxy groups -OCH3 is 2. The molecule has 2 heterocycles. The van der Waals surface area contributed by atoms with Gasteiger partial charge >= 0.3 is 0 Å². The van der Waals surface area contributed by atoms with Crippen molar-refractivity contribution in [1.82, 2.24) is 15.2 Å². The van der Waals surface area contributed by atoms with Crippen LogP contribution >= 0.6 is 0 Å². The largest absolute Gasteiger partial charge is 0.493 e. The van der Waals surface area contributed by atoms with Gasteiger partial charge in [-0.25, -0.2) is 5.10 Å². The molecule has 0 saturated heterocycles. The minimum atomic E-state index is -0.279. The Morgan fingerprint density at radius 2 is 1.81 bits per heavy atom. The molecule has 0 unspecified atom stereocenters. The number of H-pyrrole nitrogens is 1. The SMILES string of the molecule is COc1cc2c(-c3cccnc3)n[nH]c(=O)c2cc1OC. The van der Waals surface area contributed by atoms with Gasteiger partial charge in [-0.3, -0.25) is 9.78 Å². The van der Waals surface area contributed by atoms with E-state index < -0.39 is 0 Å². The van der Waals surface area contributed by atoms with Gasteiger partial charge in [0, 0.05) is 23.3 Å². The maximum absolute atomic E-state index is 12.0. The summed E-state index contributed by atoms with van der Waals surface area (Å²) in [7, 11) is 3.08. The van der Waals surface area contributed by atoms with Gasteiger partial charge < -0.3 is 9.47 Å². The molecule has 21 heavy (non-hydrogen) atoms. The Morgan fingerprint density at radius 3 is 2.43 bits per heavy atom. The van der Waals surface area contributed by atoms with E-state index in [1.807, 2.05) is 12.1 Å². The van der Waals surface area contributed by atoms with Crippen LogP contribution in [0.2, 0.25) is 0 Å². The topological polar surface area (TPSA) is 77.1 Å². The smallest absolute Gasteiger partial charge is 0.272 e. The highest BCUT2D eigenvalue weighted by molar-refractivity contribution is 5.95. The van der Waals surface area contributed by atoms with Gasteiger partial charge in [-0.05, 0) is 24.3 Å². The minimum absolute atomic E-state index is 0.279. The van der Waals surface area contributed by atoms with E-state index in [1.54, 1.807) is 31.6 Å². The lowest BCUT2D eigenvalue weighted by atomic mass is 10.1. The van der Waals surface area contributed by atoms with Crippen molar-refractivity contribution < 1.29 is 9.47 Å². The number of hydrogen-bond donors (Lipinski definition) is 1. The van der Waals surface area contributed by atoms with E-state index in [2.05, 4.69) is 15.2 Å². The zero-order chi connectivity index (χ0) is 14.8. The van der Waals surface area contributed by atoms with E-state index in [9.17, 15) is 4.79 Å². The Bertz CT molecular complexity index is 844. The number of nitrogens with zero attached hydrogens (tertiary/aromatic N) is 2. The molecule has 0 radical (unpaired) electrons. The van der Waals surface area contributed by atoms with E-state index >= 15 is 0 Å². The number of rotatable bonds is 3. The summed E-state index contributed by atoms with van der Waals surface area (Å²) in [5.74, 6) is 1.04. The predicted octanol–water partition coefficient (Wildman–Crippen LogP) is 2.00. The number of benzene rings is 1. The lowest BCUT2D eigenvalue weighted by Crippen LogP contribution is -2.10. The number of aromatic amines is 1. The second-order valence-corrected chi connectivity index (χ2v) is 4.40. The molecule has 0 amide bonds. The summed E-state index contributed by atoms with van der Waals surface area (Å²) < 4.78 is 10.5. The van der Waals surface area contributed by atoms with Crippen LogP contribution < -0.4 is 15.0 Å². The third-order valence-electron chi connectivity index (χ3n) is 3.23. The van der Waals surface area contributed by atoms with Gasteiger partial charge in [0.1, 0.15) is 5.69 Å². The highest BCUT2D eigenvalue weighted by atomic mass is 16.5. The van der Waals surface area contributed by atoms with Crippen molar-refractivity contribution >= 4 is 10.8 Å². The Hall–Kier alpha value is -2.89. The summed E-state index contributed by atoms with van der Waals surface area (Å²) in [6, 6.07) is 7.09. The van der Waals surface area contributed by atoms with Crippen LogP contribution in [-0.4, -0.2) is 29.4 Å². The number of aromatic nitrogens is 3. The number of ether oxygens (including phenoxy) is 2. The lowest BCUT2D eigenvalue weighted by molar-refractivity contribution is 0.356. The van der Waals surface area contributed by atoms with Crippen molar-refractivity contribution in [3.63, 3.8) is 0 Å². The van der Waals surface area contributed by atoms with E-state index in [-0.39, 0.29) is 5.56 Å². The molecule has 6 heteroatoms. The Morgan fingerprint density at radius 1 is 1.10 bits per heavy atom. The van der Waals surface area contributed by atoms with Gasteiger partial charge in [-0.1, -0.05) is 0 Å². The third-order valence-corrected chi connectivity index (χ3v) is 3.23. The van der Waals surface area contributed by atoms with Crippen molar-refractivity contribution in [1.29, 1.82) is 0 Å². The summed E-state index contributed by atoms with van der Waals surface area (Å²) in [6.07, 6.45) is 3.37. The van der Waals surface area contributed by atoms with Gasteiger partial charge in [0.25, 0.3) is 5.56 Å². The Kier molecular flexibility index (Phi) is 3.27. The van der Waals surface area contributed by atoms with Crippen LogP contribution in [0.1, 0.15) is 0 Å². The van der Waals surface area contributed by atoms with Crippen molar-refractivity contribution in [2.24, 2.45) is 0 Å². The molecule has 2 aromatic heterocycles. The number of hydrogen-bond acceptors (Lipinski definition) is 5. The van der Waals surface area contributed by atoms with Crippen LogP contribution in [0, 0.1) is 0 Å². The Balaban J connectivity index is 2.37. The highest BCUT2D eigenvalue weighted by Crippen LogP contribution is 2.34. The second-order valence-electron chi connectivity index (χ2n) is 4.40. The number of pyridine rings is 1. The summed E-state index contributed by atoms with van der Waals surface area (Å²) in [4.78, 5) is 16.1. The van der Waals surface area contributed by atoms with Crippen LogP contribution in [0.4, 0.5) is 0 Å². The maximum atomic E-state index is 12.0. The molecular formula is C15H13N3O3. The van der Waals surface area contributed by atoms with Crippen molar-refractivity contribution in [2.45, 2.75) is 0 Å². The van der Waals surface area contributed by atoms with E-state index in [0.29, 0.717) is 28.0 Å².